The third kappa shape index (κ3) is 6.41. The van der Waals surface area contributed by atoms with E-state index in [1.54, 1.807) is 10.9 Å². The van der Waals surface area contributed by atoms with Crippen molar-refractivity contribution in [3.8, 4) is 0 Å². The van der Waals surface area contributed by atoms with Crippen LogP contribution in [0.3, 0.4) is 0 Å². The predicted octanol–water partition coefficient (Wildman–Crippen LogP) is 3.31. The molecule has 4 N–H and O–H groups in total. The Morgan fingerprint density at radius 2 is 1.51 bits per heavy atom. The number of aromatic nitrogens is 4. The number of anilines is 1. The van der Waals surface area contributed by atoms with Crippen LogP contribution in [0, 0.1) is 0 Å². The molecule has 15 heteroatoms. The first-order chi connectivity index (χ1) is 16.6. The molecule has 2 aromatic rings. The van der Waals surface area contributed by atoms with E-state index >= 15 is 0 Å². The number of hydrogen-bond donors (Lipinski definition) is 2. The van der Waals surface area contributed by atoms with Crippen LogP contribution in [0.15, 0.2) is 12.7 Å². The van der Waals surface area contributed by atoms with Crippen molar-refractivity contribution in [2.24, 2.45) is 5.14 Å². The summed E-state index contributed by atoms with van der Waals surface area (Å²) >= 11 is 0. The van der Waals surface area contributed by atoms with Gasteiger partial charge >= 0.3 is 10.3 Å². The second-order valence-corrected chi connectivity index (χ2v) is 23.3. The van der Waals surface area contributed by atoms with Gasteiger partial charge in [-0.3, -0.25) is 8.75 Å². The predicted molar refractivity (Wildman–Crippen MR) is 147 cm³/mol. The molecule has 4 atom stereocenters. The van der Waals surface area contributed by atoms with Crippen LogP contribution in [0.1, 0.15) is 47.8 Å². The molecule has 2 aromatic heterocycles. The number of nitrogens with zero attached hydrogens (tertiary/aromatic N) is 4. The minimum absolute atomic E-state index is 0.113. The Balaban J connectivity index is 2.15. The Labute approximate surface area is 222 Å². The summed E-state index contributed by atoms with van der Waals surface area (Å²) in [5, 5.41) is 4.92. The first-order valence-corrected chi connectivity index (χ1v) is 19.5. The lowest BCUT2D eigenvalue weighted by Gasteiger charge is -2.44. The van der Waals surface area contributed by atoms with E-state index in [1.165, 1.54) is 6.33 Å². The van der Waals surface area contributed by atoms with Crippen LogP contribution in [0.2, 0.25) is 36.3 Å². The van der Waals surface area contributed by atoms with Gasteiger partial charge in [-0.2, -0.15) is 8.42 Å². The molecule has 1 fully saturated rings. The Morgan fingerprint density at radius 1 is 0.973 bits per heavy atom. The molecule has 12 nitrogen and oxygen atoms in total. The van der Waals surface area contributed by atoms with E-state index in [2.05, 4.69) is 82.7 Å². The first-order valence-electron chi connectivity index (χ1n) is 12.3. The average molecular weight is 575 g/mol. The second kappa shape index (κ2) is 9.93. The third-order valence-electron chi connectivity index (χ3n) is 7.82. The smallest absolute Gasteiger partial charge is 0.333 e. The summed E-state index contributed by atoms with van der Waals surface area (Å²) in [4.78, 5) is 12.8. The van der Waals surface area contributed by atoms with Crippen molar-refractivity contribution in [3.05, 3.63) is 12.7 Å². The van der Waals surface area contributed by atoms with E-state index in [-0.39, 0.29) is 22.5 Å². The number of imidazole rings is 1. The highest BCUT2D eigenvalue weighted by atomic mass is 32.2. The zero-order chi connectivity index (χ0) is 28.2. The molecule has 0 bridgehead atoms. The molecule has 1 saturated heterocycles. The van der Waals surface area contributed by atoms with Gasteiger partial charge in [0.25, 0.3) is 0 Å². The Morgan fingerprint density at radius 3 is 2.03 bits per heavy atom. The van der Waals surface area contributed by atoms with Crippen molar-refractivity contribution in [2.45, 2.75) is 102 Å². The minimum Gasteiger partial charge on any atom is -0.408 e. The molecule has 3 heterocycles. The molecule has 1 aliphatic rings. The Kier molecular flexibility index (Phi) is 8.07. The topological polar surface area (TPSA) is 167 Å². The molecule has 0 amide bonds. The van der Waals surface area contributed by atoms with Crippen molar-refractivity contribution < 1.29 is 26.2 Å². The minimum atomic E-state index is -4.21. The van der Waals surface area contributed by atoms with Crippen LogP contribution in [0.4, 0.5) is 5.82 Å². The molecule has 3 rings (SSSR count). The third-order valence-corrected chi connectivity index (χ3v) is 17.2. The number of ether oxygens (including phenoxy) is 1. The second-order valence-electron chi connectivity index (χ2n) is 12.6. The van der Waals surface area contributed by atoms with E-state index in [1.807, 2.05) is 0 Å². The van der Waals surface area contributed by atoms with Crippen LogP contribution in [-0.2, 0) is 28.1 Å². The fourth-order valence-electron chi connectivity index (χ4n) is 3.59. The zero-order valence-electron chi connectivity index (χ0n) is 23.5. The number of hydrogen-bond acceptors (Lipinski definition) is 10. The van der Waals surface area contributed by atoms with Crippen molar-refractivity contribution >= 4 is 43.9 Å². The summed E-state index contributed by atoms with van der Waals surface area (Å²) < 4.78 is 50.5. The zero-order valence-corrected chi connectivity index (χ0v) is 26.3. The standard InChI is InChI=1S/C22H42N6O6SSi2/c1-21(2,3)36(7,8)33-16-14(11-31-35(24,29)30)32-20(17(16)34-37(9,10)22(4,5)6)28-13-27-15-18(23)25-12-26-19(15)28/h12-14,16-17,20H,11H2,1-10H3,(H2,23,25,26)(H2,24,29,30)/t14-,16+,17-,20-/m1/s1. The summed E-state index contributed by atoms with van der Waals surface area (Å²) in [5.41, 5.74) is 6.94. The van der Waals surface area contributed by atoms with Gasteiger partial charge in [-0.15, -0.1) is 0 Å². The highest BCUT2D eigenvalue weighted by Crippen LogP contribution is 2.46. The van der Waals surface area contributed by atoms with Gasteiger partial charge in [0.05, 0.1) is 12.9 Å². The fraction of sp³-hybridized carbons (Fsp3) is 0.773. The summed E-state index contributed by atoms with van der Waals surface area (Å²) in [6.45, 7) is 21.1. The van der Waals surface area contributed by atoms with Gasteiger partial charge in [0.2, 0.25) is 0 Å². The van der Waals surface area contributed by atoms with E-state index in [4.69, 9.17) is 28.6 Å². The molecule has 210 valence electrons. The van der Waals surface area contributed by atoms with Gasteiger partial charge in [0.15, 0.2) is 34.3 Å². The van der Waals surface area contributed by atoms with Gasteiger partial charge in [-0.25, -0.2) is 20.1 Å². The van der Waals surface area contributed by atoms with Crippen molar-refractivity contribution in [1.82, 2.24) is 19.5 Å². The lowest BCUT2D eigenvalue weighted by Crippen LogP contribution is -2.54. The SMILES string of the molecule is CC(C)(C)[Si](C)(C)O[C@@H]1[C@@H](O[Si](C)(C)C(C)(C)C)[C@@H](COS(N)(=O)=O)O[C@H]1n1cnc2c(N)ncnc21. The maximum absolute atomic E-state index is 11.7. The first kappa shape index (κ1) is 30.1. The molecule has 0 aromatic carbocycles. The van der Waals surface area contributed by atoms with E-state index in [0.29, 0.717) is 11.2 Å². The van der Waals surface area contributed by atoms with Crippen LogP contribution in [0.25, 0.3) is 11.2 Å². The molecule has 37 heavy (non-hydrogen) atoms. The monoisotopic (exact) mass is 574 g/mol. The van der Waals surface area contributed by atoms with Crippen molar-refractivity contribution in [1.29, 1.82) is 0 Å². The molecule has 0 aliphatic carbocycles. The highest BCUT2D eigenvalue weighted by molar-refractivity contribution is 7.84. The van der Waals surface area contributed by atoms with E-state index < -0.39 is 51.5 Å². The largest absolute Gasteiger partial charge is 0.408 e. The van der Waals surface area contributed by atoms with E-state index in [0.717, 1.165) is 0 Å². The molecular formula is C22H42N6O6SSi2. The summed E-state index contributed by atoms with van der Waals surface area (Å²) in [6.07, 6.45) is 0.159. The summed E-state index contributed by atoms with van der Waals surface area (Å²) in [6, 6.07) is 0. The Hall–Kier alpha value is -1.47. The quantitative estimate of drug-likeness (QED) is 0.446. The van der Waals surface area contributed by atoms with Gasteiger partial charge < -0.3 is 19.3 Å². The van der Waals surface area contributed by atoms with Crippen LogP contribution >= 0.6 is 0 Å². The maximum Gasteiger partial charge on any atom is 0.333 e. The maximum atomic E-state index is 11.7. The molecule has 0 saturated carbocycles. The normalized spacial score (nSPS) is 24.2. The fourth-order valence-corrected chi connectivity index (χ4v) is 6.51. The number of fused-ring (bicyclic) bond motifs is 1. The highest BCUT2D eigenvalue weighted by Gasteiger charge is 2.54. The van der Waals surface area contributed by atoms with Crippen molar-refractivity contribution in [2.75, 3.05) is 12.3 Å². The summed E-state index contributed by atoms with van der Waals surface area (Å²) in [7, 11) is -8.96. The lowest BCUT2D eigenvalue weighted by molar-refractivity contribution is -0.0445. The molecule has 0 radical (unpaired) electrons. The molecule has 1 aliphatic heterocycles. The van der Waals surface area contributed by atoms with Crippen LogP contribution in [0.5, 0.6) is 0 Å². The van der Waals surface area contributed by atoms with Gasteiger partial charge in [-0.1, -0.05) is 41.5 Å². The number of nitrogens with two attached hydrogens (primary N) is 2. The van der Waals surface area contributed by atoms with Crippen molar-refractivity contribution in [3.63, 3.8) is 0 Å². The van der Waals surface area contributed by atoms with E-state index in [9.17, 15) is 8.42 Å². The molecule has 0 unspecified atom stereocenters. The van der Waals surface area contributed by atoms with Gasteiger partial charge in [0, 0.05) is 0 Å². The van der Waals surface area contributed by atoms with Gasteiger partial charge in [0.1, 0.15) is 30.2 Å². The number of nitrogen functional groups attached to an aromatic ring is 1. The summed E-state index contributed by atoms with van der Waals surface area (Å²) in [5.74, 6) is 0.242. The molecule has 0 spiro atoms. The van der Waals surface area contributed by atoms with Gasteiger partial charge in [-0.05, 0) is 36.3 Å². The number of rotatable bonds is 8. The van der Waals surface area contributed by atoms with Crippen LogP contribution < -0.4 is 10.9 Å². The average Bonchev–Trinajstić information content (AvgIpc) is 3.27. The Bertz CT molecular complexity index is 1220. The molecular weight excluding hydrogens is 533 g/mol. The lowest BCUT2D eigenvalue weighted by atomic mass is 10.1. The van der Waals surface area contributed by atoms with Crippen LogP contribution in [-0.4, -0.2) is 69.5 Å².